The lowest BCUT2D eigenvalue weighted by Crippen LogP contribution is -2.19. The predicted molar refractivity (Wildman–Crippen MR) is 76.3 cm³/mol. The van der Waals surface area contributed by atoms with E-state index in [2.05, 4.69) is 9.97 Å². The quantitative estimate of drug-likeness (QED) is 0.849. The van der Waals surface area contributed by atoms with Gasteiger partial charge in [-0.05, 0) is 23.8 Å². The van der Waals surface area contributed by atoms with Gasteiger partial charge in [0.05, 0.1) is 24.6 Å². The number of nitrogen functional groups attached to an aromatic ring is 1. The van der Waals surface area contributed by atoms with E-state index < -0.39 is 5.97 Å². The number of pyridine rings is 2. The first-order valence-electron chi connectivity index (χ1n) is 6.05. The van der Waals surface area contributed by atoms with Crippen LogP contribution < -0.4 is 10.6 Å². The number of nitrogens with zero attached hydrogens (tertiary/aromatic N) is 3. The minimum atomic E-state index is -0.469. The topological polar surface area (TPSA) is 81.3 Å². The van der Waals surface area contributed by atoms with Gasteiger partial charge in [0, 0.05) is 26.0 Å². The summed E-state index contributed by atoms with van der Waals surface area (Å²) < 4.78 is 4.70. The van der Waals surface area contributed by atoms with Gasteiger partial charge in [0.25, 0.3) is 0 Å². The van der Waals surface area contributed by atoms with Gasteiger partial charge in [-0.1, -0.05) is 0 Å². The van der Waals surface area contributed by atoms with Crippen LogP contribution in [0.25, 0.3) is 0 Å². The lowest BCUT2D eigenvalue weighted by molar-refractivity contribution is 0.0602. The van der Waals surface area contributed by atoms with E-state index in [9.17, 15) is 4.79 Å². The van der Waals surface area contributed by atoms with Gasteiger partial charge < -0.3 is 15.4 Å². The van der Waals surface area contributed by atoms with Crippen LogP contribution in [0.4, 0.5) is 11.5 Å². The van der Waals surface area contributed by atoms with Gasteiger partial charge in [0.15, 0.2) is 0 Å². The highest BCUT2D eigenvalue weighted by Crippen LogP contribution is 2.19. The van der Waals surface area contributed by atoms with Crippen molar-refractivity contribution in [1.82, 2.24) is 9.97 Å². The Hall–Kier alpha value is -2.63. The molecule has 0 fully saturated rings. The molecule has 2 aromatic rings. The Labute approximate surface area is 117 Å². The summed E-state index contributed by atoms with van der Waals surface area (Å²) in [7, 11) is 3.21. The Kier molecular flexibility index (Phi) is 4.14. The third-order valence-electron chi connectivity index (χ3n) is 2.89. The molecule has 0 aromatic carbocycles. The Balaban J connectivity index is 2.22. The van der Waals surface area contributed by atoms with Crippen molar-refractivity contribution in [3.63, 3.8) is 0 Å². The maximum Gasteiger partial charge on any atom is 0.340 e. The average molecular weight is 272 g/mol. The van der Waals surface area contributed by atoms with Crippen molar-refractivity contribution >= 4 is 17.5 Å². The highest BCUT2D eigenvalue weighted by molar-refractivity contribution is 5.95. The van der Waals surface area contributed by atoms with Crippen LogP contribution in [0.15, 0.2) is 36.8 Å². The van der Waals surface area contributed by atoms with Gasteiger partial charge in [-0.25, -0.2) is 9.78 Å². The van der Waals surface area contributed by atoms with Gasteiger partial charge in [0.2, 0.25) is 0 Å². The molecule has 0 unspecified atom stereocenters. The second kappa shape index (κ2) is 6.01. The van der Waals surface area contributed by atoms with Crippen LogP contribution in [0.3, 0.4) is 0 Å². The standard InChI is InChI=1S/C14H16N4O2/c1-18(9-10-3-5-16-6-4-10)13-7-11(14(19)20-2)12(15)8-17-13/h3-8H,9,15H2,1-2H3. The summed E-state index contributed by atoms with van der Waals surface area (Å²) in [5.74, 6) is 0.180. The number of ether oxygens (including phenoxy) is 1. The van der Waals surface area contributed by atoms with Crippen LogP contribution in [0.5, 0.6) is 0 Å². The molecule has 0 radical (unpaired) electrons. The molecule has 6 heteroatoms. The summed E-state index contributed by atoms with van der Waals surface area (Å²) in [6.07, 6.45) is 4.93. The van der Waals surface area contributed by atoms with Crippen molar-refractivity contribution in [3.05, 3.63) is 47.9 Å². The number of carbonyl (C=O) groups excluding carboxylic acids is 1. The fourth-order valence-corrected chi connectivity index (χ4v) is 1.79. The van der Waals surface area contributed by atoms with E-state index in [0.29, 0.717) is 23.6 Å². The molecule has 20 heavy (non-hydrogen) atoms. The lowest BCUT2D eigenvalue weighted by atomic mass is 10.2. The molecule has 0 saturated heterocycles. The van der Waals surface area contributed by atoms with Gasteiger partial charge in [-0.3, -0.25) is 4.98 Å². The molecule has 0 amide bonds. The lowest BCUT2D eigenvalue weighted by Gasteiger charge is -2.19. The summed E-state index contributed by atoms with van der Waals surface area (Å²) in [4.78, 5) is 21.7. The number of rotatable bonds is 4. The van der Waals surface area contributed by atoms with Crippen molar-refractivity contribution in [2.75, 3.05) is 24.8 Å². The van der Waals surface area contributed by atoms with Crippen LogP contribution >= 0.6 is 0 Å². The smallest absolute Gasteiger partial charge is 0.340 e. The van der Waals surface area contributed by atoms with E-state index >= 15 is 0 Å². The molecule has 2 rings (SSSR count). The number of esters is 1. The molecule has 104 valence electrons. The number of methoxy groups -OCH3 is 1. The molecule has 2 heterocycles. The first-order valence-corrected chi connectivity index (χ1v) is 6.05. The molecule has 2 N–H and O–H groups in total. The maximum atomic E-state index is 11.6. The Morgan fingerprint density at radius 1 is 1.40 bits per heavy atom. The fourth-order valence-electron chi connectivity index (χ4n) is 1.79. The molecule has 0 aliphatic carbocycles. The van der Waals surface area contributed by atoms with Crippen LogP contribution in [-0.4, -0.2) is 30.1 Å². The zero-order chi connectivity index (χ0) is 14.5. The third kappa shape index (κ3) is 3.03. The third-order valence-corrected chi connectivity index (χ3v) is 2.89. The molecule has 0 atom stereocenters. The fraction of sp³-hybridized carbons (Fsp3) is 0.214. The molecule has 0 aliphatic rings. The first kappa shape index (κ1) is 13.8. The van der Waals surface area contributed by atoms with E-state index in [1.165, 1.54) is 13.3 Å². The summed E-state index contributed by atoms with van der Waals surface area (Å²) in [6.45, 7) is 0.653. The van der Waals surface area contributed by atoms with Crippen molar-refractivity contribution < 1.29 is 9.53 Å². The molecule has 0 saturated carbocycles. The Morgan fingerprint density at radius 3 is 2.75 bits per heavy atom. The second-order valence-electron chi connectivity index (χ2n) is 4.33. The highest BCUT2D eigenvalue weighted by Gasteiger charge is 2.13. The zero-order valence-corrected chi connectivity index (χ0v) is 11.4. The van der Waals surface area contributed by atoms with E-state index in [-0.39, 0.29) is 0 Å². The number of hydrogen-bond acceptors (Lipinski definition) is 6. The number of carbonyl (C=O) groups is 1. The van der Waals surface area contributed by atoms with E-state index in [4.69, 9.17) is 10.5 Å². The van der Waals surface area contributed by atoms with Gasteiger partial charge in [0.1, 0.15) is 5.82 Å². The molecule has 0 bridgehead atoms. The van der Waals surface area contributed by atoms with Crippen molar-refractivity contribution in [3.8, 4) is 0 Å². The number of aromatic nitrogens is 2. The number of hydrogen-bond donors (Lipinski definition) is 1. The van der Waals surface area contributed by atoms with Crippen LogP contribution in [0.2, 0.25) is 0 Å². The molecule has 2 aromatic heterocycles. The van der Waals surface area contributed by atoms with Gasteiger partial charge in [-0.2, -0.15) is 0 Å². The first-order chi connectivity index (χ1) is 9.61. The van der Waals surface area contributed by atoms with Crippen molar-refractivity contribution in [2.24, 2.45) is 0 Å². The SMILES string of the molecule is COC(=O)c1cc(N(C)Cc2ccncc2)ncc1N. The molecule has 0 aliphatic heterocycles. The average Bonchev–Trinajstić information content (AvgIpc) is 2.48. The zero-order valence-electron chi connectivity index (χ0n) is 11.4. The predicted octanol–water partition coefficient (Wildman–Crippen LogP) is 1.48. The van der Waals surface area contributed by atoms with Crippen LogP contribution in [0.1, 0.15) is 15.9 Å². The molecular formula is C14H16N4O2. The van der Waals surface area contributed by atoms with E-state index in [1.54, 1.807) is 18.5 Å². The van der Waals surface area contributed by atoms with Crippen LogP contribution in [-0.2, 0) is 11.3 Å². The summed E-state index contributed by atoms with van der Waals surface area (Å²) in [5, 5.41) is 0. The van der Waals surface area contributed by atoms with Crippen LogP contribution in [0, 0.1) is 0 Å². The number of anilines is 2. The van der Waals surface area contributed by atoms with Crippen molar-refractivity contribution in [1.29, 1.82) is 0 Å². The van der Waals surface area contributed by atoms with E-state index in [0.717, 1.165) is 5.56 Å². The van der Waals surface area contributed by atoms with Gasteiger partial charge in [-0.15, -0.1) is 0 Å². The largest absolute Gasteiger partial charge is 0.465 e. The van der Waals surface area contributed by atoms with Gasteiger partial charge >= 0.3 is 5.97 Å². The minimum Gasteiger partial charge on any atom is -0.465 e. The molecular weight excluding hydrogens is 256 g/mol. The minimum absolute atomic E-state index is 0.304. The molecule has 0 spiro atoms. The highest BCUT2D eigenvalue weighted by atomic mass is 16.5. The maximum absolute atomic E-state index is 11.6. The summed E-state index contributed by atoms with van der Waals surface area (Å²) in [5.41, 5.74) is 7.45. The Morgan fingerprint density at radius 2 is 2.10 bits per heavy atom. The summed E-state index contributed by atoms with van der Waals surface area (Å²) >= 11 is 0. The summed E-state index contributed by atoms with van der Waals surface area (Å²) in [6, 6.07) is 5.48. The molecule has 6 nitrogen and oxygen atoms in total. The second-order valence-corrected chi connectivity index (χ2v) is 4.33. The number of nitrogens with two attached hydrogens (primary N) is 1. The Bertz CT molecular complexity index is 601. The monoisotopic (exact) mass is 272 g/mol. The van der Waals surface area contributed by atoms with E-state index in [1.807, 2.05) is 24.1 Å². The normalized spacial score (nSPS) is 10.1. The van der Waals surface area contributed by atoms with Crippen molar-refractivity contribution in [2.45, 2.75) is 6.54 Å².